The molecular formula is C16H17N5O2. The van der Waals surface area contributed by atoms with Gasteiger partial charge in [-0.15, -0.1) is 0 Å². The molecule has 0 saturated carbocycles. The van der Waals surface area contributed by atoms with Crippen LogP contribution in [0, 0.1) is 0 Å². The molecule has 7 nitrogen and oxygen atoms in total. The number of amides is 2. The summed E-state index contributed by atoms with van der Waals surface area (Å²) < 4.78 is 0. The average Bonchev–Trinajstić information content (AvgIpc) is 2.71. The van der Waals surface area contributed by atoms with Crippen molar-refractivity contribution in [2.24, 2.45) is 10.8 Å². The van der Waals surface area contributed by atoms with Gasteiger partial charge in [-0.2, -0.15) is 0 Å². The SMILES string of the molecule is CCC(C(N)=O)N1C=C(c2cccc(N=[N+]=[N-])c2)C=CCC1=O. The van der Waals surface area contributed by atoms with E-state index in [1.165, 1.54) is 4.90 Å². The quantitative estimate of drug-likeness (QED) is 0.512. The number of carbonyl (C=O) groups excluding carboxylic acids is 2. The summed E-state index contributed by atoms with van der Waals surface area (Å²) in [7, 11) is 0. The predicted octanol–water partition coefficient (Wildman–Crippen LogP) is 3.02. The van der Waals surface area contributed by atoms with E-state index in [0.29, 0.717) is 12.1 Å². The van der Waals surface area contributed by atoms with Crippen LogP contribution in [0.15, 0.2) is 47.7 Å². The van der Waals surface area contributed by atoms with Crippen molar-refractivity contribution >= 4 is 23.1 Å². The van der Waals surface area contributed by atoms with E-state index in [9.17, 15) is 9.59 Å². The van der Waals surface area contributed by atoms with E-state index in [0.717, 1.165) is 11.1 Å². The Morgan fingerprint density at radius 3 is 2.96 bits per heavy atom. The maximum atomic E-state index is 12.2. The molecule has 23 heavy (non-hydrogen) atoms. The van der Waals surface area contributed by atoms with E-state index < -0.39 is 11.9 Å². The van der Waals surface area contributed by atoms with E-state index in [-0.39, 0.29) is 12.3 Å². The molecular weight excluding hydrogens is 294 g/mol. The van der Waals surface area contributed by atoms with Gasteiger partial charge < -0.3 is 10.6 Å². The van der Waals surface area contributed by atoms with Gasteiger partial charge in [0.05, 0.1) is 0 Å². The number of nitrogens with zero attached hydrogens (tertiary/aromatic N) is 4. The maximum Gasteiger partial charge on any atom is 0.240 e. The van der Waals surface area contributed by atoms with Gasteiger partial charge in [0.1, 0.15) is 6.04 Å². The molecule has 1 aliphatic heterocycles. The van der Waals surface area contributed by atoms with Crippen LogP contribution < -0.4 is 5.73 Å². The molecule has 1 heterocycles. The van der Waals surface area contributed by atoms with Crippen molar-refractivity contribution in [3.8, 4) is 0 Å². The maximum absolute atomic E-state index is 12.2. The van der Waals surface area contributed by atoms with Crippen LogP contribution in [0.5, 0.6) is 0 Å². The Hall–Kier alpha value is -3.05. The number of nitrogens with two attached hydrogens (primary N) is 1. The monoisotopic (exact) mass is 311 g/mol. The second-order valence-electron chi connectivity index (χ2n) is 5.06. The molecule has 1 atom stereocenters. The van der Waals surface area contributed by atoms with Gasteiger partial charge in [-0.3, -0.25) is 9.59 Å². The van der Waals surface area contributed by atoms with Gasteiger partial charge in [-0.25, -0.2) is 0 Å². The molecule has 7 heteroatoms. The summed E-state index contributed by atoms with van der Waals surface area (Å²) in [6, 6.07) is 6.32. The zero-order chi connectivity index (χ0) is 16.8. The van der Waals surface area contributed by atoms with E-state index >= 15 is 0 Å². The van der Waals surface area contributed by atoms with Crippen LogP contribution in [0.3, 0.4) is 0 Å². The molecule has 0 saturated heterocycles. The smallest absolute Gasteiger partial charge is 0.240 e. The summed E-state index contributed by atoms with van der Waals surface area (Å²) in [6.07, 6.45) is 5.80. The molecule has 0 fully saturated rings. The Balaban J connectivity index is 2.46. The summed E-state index contributed by atoms with van der Waals surface area (Å²) in [4.78, 5) is 28.0. The molecule has 0 spiro atoms. The Morgan fingerprint density at radius 2 is 2.30 bits per heavy atom. The Kier molecular flexibility index (Phi) is 5.17. The van der Waals surface area contributed by atoms with Crippen molar-refractivity contribution < 1.29 is 9.59 Å². The number of hydrogen-bond acceptors (Lipinski definition) is 3. The van der Waals surface area contributed by atoms with Crippen molar-refractivity contribution in [3.63, 3.8) is 0 Å². The standard InChI is InChI=1S/C16H17N5O2/c1-2-14(16(17)23)21-10-12(6-4-8-15(21)22)11-5-3-7-13(9-11)19-20-18/h3-7,9-10,14H,2,8H2,1H3,(H2,17,23). The zero-order valence-electron chi connectivity index (χ0n) is 12.7. The van der Waals surface area contributed by atoms with Crippen LogP contribution in [0.1, 0.15) is 25.3 Å². The van der Waals surface area contributed by atoms with Gasteiger partial charge in [-0.05, 0) is 29.2 Å². The minimum atomic E-state index is -0.683. The molecule has 0 bridgehead atoms. The molecule has 0 aromatic heterocycles. The van der Waals surface area contributed by atoms with E-state index in [2.05, 4.69) is 10.0 Å². The number of azide groups is 1. The number of allylic oxidation sites excluding steroid dienone is 2. The van der Waals surface area contributed by atoms with E-state index in [1.54, 1.807) is 43.5 Å². The highest BCUT2D eigenvalue weighted by Gasteiger charge is 2.26. The summed E-state index contributed by atoms with van der Waals surface area (Å²) in [5.41, 5.74) is 15.9. The highest BCUT2D eigenvalue weighted by atomic mass is 16.2. The number of primary amides is 1. The lowest BCUT2D eigenvalue weighted by Crippen LogP contribution is -2.44. The van der Waals surface area contributed by atoms with Crippen LogP contribution in [0.25, 0.3) is 16.0 Å². The summed E-state index contributed by atoms with van der Waals surface area (Å²) in [5.74, 6) is -0.728. The Bertz CT molecular complexity index is 732. The van der Waals surface area contributed by atoms with Crippen LogP contribution in [0.4, 0.5) is 5.69 Å². The molecule has 2 amide bonds. The lowest BCUT2D eigenvalue weighted by Gasteiger charge is -2.25. The zero-order valence-corrected chi connectivity index (χ0v) is 12.7. The van der Waals surface area contributed by atoms with Gasteiger partial charge in [-0.1, -0.05) is 42.4 Å². The Labute approximate surface area is 133 Å². The van der Waals surface area contributed by atoms with Gasteiger partial charge in [0.15, 0.2) is 0 Å². The predicted molar refractivity (Wildman–Crippen MR) is 87.1 cm³/mol. The molecule has 0 aliphatic carbocycles. The number of benzene rings is 1. The van der Waals surface area contributed by atoms with Crippen LogP contribution in [-0.4, -0.2) is 22.8 Å². The Morgan fingerprint density at radius 1 is 1.52 bits per heavy atom. The van der Waals surface area contributed by atoms with Crippen molar-refractivity contribution in [2.75, 3.05) is 0 Å². The second-order valence-corrected chi connectivity index (χ2v) is 5.06. The minimum Gasteiger partial charge on any atom is -0.368 e. The molecule has 118 valence electrons. The highest BCUT2D eigenvalue weighted by Crippen LogP contribution is 2.25. The van der Waals surface area contributed by atoms with Crippen LogP contribution in [-0.2, 0) is 9.59 Å². The first-order chi connectivity index (χ1) is 11.1. The average molecular weight is 311 g/mol. The summed E-state index contributed by atoms with van der Waals surface area (Å²) in [6.45, 7) is 1.80. The van der Waals surface area contributed by atoms with Gasteiger partial charge in [0.2, 0.25) is 11.8 Å². The third-order valence-corrected chi connectivity index (χ3v) is 3.55. The van der Waals surface area contributed by atoms with Crippen LogP contribution in [0.2, 0.25) is 0 Å². The van der Waals surface area contributed by atoms with Crippen molar-refractivity contribution in [1.82, 2.24) is 4.90 Å². The third kappa shape index (κ3) is 3.78. The lowest BCUT2D eigenvalue weighted by atomic mass is 10.1. The van der Waals surface area contributed by atoms with Crippen molar-refractivity contribution in [3.05, 3.63) is 58.6 Å². The molecule has 1 aromatic rings. The molecule has 1 aromatic carbocycles. The number of hydrogen-bond donors (Lipinski definition) is 1. The largest absolute Gasteiger partial charge is 0.368 e. The fourth-order valence-corrected chi connectivity index (χ4v) is 2.43. The highest BCUT2D eigenvalue weighted by molar-refractivity contribution is 5.91. The van der Waals surface area contributed by atoms with Gasteiger partial charge in [0.25, 0.3) is 0 Å². The van der Waals surface area contributed by atoms with Crippen molar-refractivity contribution in [1.29, 1.82) is 0 Å². The molecule has 2 N–H and O–H groups in total. The van der Waals surface area contributed by atoms with Crippen molar-refractivity contribution in [2.45, 2.75) is 25.8 Å². The normalized spacial score (nSPS) is 15.4. The fraction of sp³-hybridized carbons (Fsp3) is 0.250. The first-order valence-electron chi connectivity index (χ1n) is 7.21. The van der Waals surface area contributed by atoms with Crippen LogP contribution >= 0.6 is 0 Å². The number of carbonyl (C=O) groups is 2. The lowest BCUT2D eigenvalue weighted by molar-refractivity contribution is -0.135. The van der Waals surface area contributed by atoms with Gasteiger partial charge in [0, 0.05) is 23.2 Å². The first kappa shape index (κ1) is 16.3. The minimum absolute atomic E-state index is 0.187. The third-order valence-electron chi connectivity index (χ3n) is 3.55. The van der Waals surface area contributed by atoms with Gasteiger partial charge >= 0.3 is 0 Å². The molecule has 2 rings (SSSR count). The molecule has 0 radical (unpaired) electrons. The topological polar surface area (TPSA) is 112 Å². The number of rotatable bonds is 5. The first-order valence-corrected chi connectivity index (χ1v) is 7.21. The van der Waals surface area contributed by atoms with E-state index in [1.807, 2.05) is 6.07 Å². The summed E-state index contributed by atoms with van der Waals surface area (Å²) >= 11 is 0. The summed E-state index contributed by atoms with van der Waals surface area (Å²) in [5, 5.41) is 3.57. The molecule has 1 aliphatic rings. The second kappa shape index (κ2) is 7.29. The fourth-order valence-electron chi connectivity index (χ4n) is 2.43. The molecule has 1 unspecified atom stereocenters. The van der Waals surface area contributed by atoms with E-state index in [4.69, 9.17) is 11.3 Å².